The molecule has 0 bridgehead atoms. The molecule has 25 heavy (non-hydrogen) atoms. The first-order valence-electron chi connectivity index (χ1n) is 8.89. The number of ether oxygens (including phenoxy) is 1. The molecule has 0 spiro atoms. The minimum absolute atomic E-state index is 0.172. The molecule has 132 valence electrons. The number of nitrogens with zero attached hydrogens (tertiary/aromatic N) is 1. The van der Waals surface area contributed by atoms with Gasteiger partial charge in [0.05, 0.1) is 0 Å². The molecule has 0 radical (unpaired) electrons. The first kappa shape index (κ1) is 17.7. The topological polar surface area (TPSA) is 29.5 Å². The van der Waals surface area contributed by atoms with Crippen LogP contribution in [0.25, 0.3) is 11.1 Å². The Bertz CT molecular complexity index is 730. The standard InChI is InChI=1S/C22H27NO2/c1-15(21(24)25-22(2,3)4)23(5)14-20-18-12-8-6-10-16(18)17-11-7-9-13-19(17)20/h6-13,15,20H,14H2,1-5H3/t15-/m0/s1. The molecule has 1 aliphatic carbocycles. The highest BCUT2D eigenvalue weighted by molar-refractivity contribution is 5.79. The Morgan fingerprint density at radius 3 is 2.00 bits per heavy atom. The third-order valence-electron chi connectivity index (χ3n) is 4.84. The summed E-state index contributed by atoms with van der Waals surface area (Å²) in [4.78, 5) is 14.5. The molecule has 0 amide bonds. The summed E-state index contributed by atoms with van der Waals surface area (Å²) in [7, 11) is 2.00. The van der Waals surface area contributed by atoms with Crippen molar-refractivity contribution >= 4 is 5.97 Å². The van der Waals surface area contributed by atoms with Crippen molar-refractivity contribution in [3.8, 4) is 11.1 Å². The molecule has 0 unspecified atom stereocenters. The number of carbonyl (C=O) groups excluding carboxylic acids is 1. The van der Waals surface area contributed by atoms with Crippen molar-refractivity contribution < 1.29 is 9.53 Å². The first-order valence-corrected chi connectivity index (χ1v) is 8.89. The molecule has 2 aromatic rings. The summed E-state index contributed by atoms with van der Waals surface area (Å²) in [5.74, 6) is 0.108. The summed E-state index contributed by atoms with van der Waals surface area (Å²) in [6.45, 7) is 8.42. The number of benzene rings is 2. The molecule has 3 rings (SSSR count). The van der Waals surface area contributed by atoms with E-state index in [2.05, 4.69) is 53.4 Å². The van der Waals surface area contributed by atoms with Crippen molar-refractivity contribution in [3.63, 3.8) is 0 Å². The summed E-state index contributed by atoms with van der Waals surface area (Å²) >= 11 is 0. The lowest BCUT2D eigenvalue weighted by Crippen LogP contribution is -2.42. The van der Waals surface area contributed by atoms with Crippen molar-refractivity contribution in [2.75, 3.05) is 13.6 Å². The summed E-state index contributed by atoms with van der Waals surface area (Å²) in [6, 6.07) is 16.9. The second-order valence-corrected chi connectivity index (χ2v) is 7.88. The van der Waals surface area contributed by atoms with Gasteiger partial charge in [0.15, 0.2) is 0 Å². The molecule has 0 heterocycles. The Balaban J connectivity index is 1.82. The van der Waals surface area contributed by atoms with Crippen molar-refractivity contribution in [1.29, 1.82) is 0 Å². The number of hydrogen-bond donors (Lipinski definition) is 0. The molecular formula is C22H27NO2. The number of fused-ring (bicyclic) bond motifs is 3. The molecule has 0 saturated carbocycles. The second kappa shape index (κ2) is 6.64. The van der Waals surface area contributed by atoms with Crippen molar-refractivity contribution in [2.45, 2.75) is 45.3 Å². The molecule has 0 aliphatic heterocycles. The third-order valence-corrected chi connectivity index (χ3v) is 4.84. The second-order valence-electron chi connectivity index (χ2n) is 7.88. The summed E-state index contributed by atoms with van der Waals surface area (Å²) in [6.07, 6.45) is 0. The third kappa shape index (κ3) is 3.62. The predicted molar refractivity (Wildman–Crippen MR) is 102 cm³/mol. The maximum atomic E-state index is 12.4. The molecule has 0 fully saturated rings. The quantitative estimate of drug-likeness (QED) is 0.772. The minimum Gasteiger partial charge on any atom is -0.459 e. The van der Waals surface area contributed by atoms with E-state index in [-0.39, 0.29) is 17.9 Å². The fourth-order valence-electron chi connectivity index (χ4n) is 3.47. The highest BCUT2D eigenvalue weighted by Gasteiger charge is 2.32. The van der Waals surface area contributed by atoms with E-state index >= 15 is 0 Å². The van der Waals surface area contributed by atoms with Gasteiger partial charge in [-0.15, -0.1) is 0 Å². The molecule has 3 nitrogen and oxygen atoms in total. The van der Waals surface area contributed by atoms with Crippen LogP contribution in [0.15, 0.2) is 48.5 Å². The van der Waals surface area contributed by atoms with Crippen LogP contribution in [0.2, 0.25) is 0 Å². The zero-order chi connectivity index (χ0) is 18.2. The largest absolute Gasteiger partial charge is 0.459 e. The van der Waals surface area contributed by atoms with E-state index in [1.165, 1.54) is 22.3 Å². The molecule has 1 atom stereocenters. The van der Waals surface area contributed by atoms with Crippen molar-refractivity contribution in [3.05, 3.63) is 59.7 Å². The van der Waals surface area contributed by atoms with Gasteiger partial charge >= 0.3 is 5.97 Å². The van der Waals surface area contributed by atoms with Crippen LogP contribution in [0.3, 0.4) is 0 Å². The van der Waals surface area contributed by atoms with E-state index < -0.39 is 5.60 Å². The highest BCUT2D eigenvalue weighted by atomic mass is 16.6. The Morgan fingerprint density at radius 2 is 1.52 bits per heavy atom. The maximum absolute atomic E-state index is 12.4. The van der Waals surface area contributed by atoms with Crippen LogP contribution in [0, 0.1) is 0 Å². The lowest BCUT2D eigenvalue weighted by molar-refractivity contribution is -0.160. The van der Waals surface area contributed by atoms with Gasteiger partial charge in [-0.1, -0.05) is 48.5 Å². The van der Waals surface area contributed by atoms with Gasteiger partial charge in [-0.05, 0) is 57.0 Å². The first-order chi connectivity index (χ1) is 11.8. The molecule has 0 aromatic heterocycles. The van der Waals surface area contributed by atoms with Crippen LogP contribution in [0.4, 0.5) is 0 Å². The van der Waals surface area contributed by atoms with Crippen molar-refractivity contribution in [1.82, 2.24) is 4.90 Å². The van der Waals surface area contributed by atoms with Gasteiger partial charge in [0.25, 0.3) is 0 Å². The van der Waals surface area contributed by atoms with Crippen LogP contribution >= 0.6 is 0 Å². The van der Waals surface area contributed by atoms with E-state index in [1.807, 2.05) is 34.7 Å². The maximum Gasteiger partial charge on any atom is 0.323 e. The Kier molecular flexibility index (Phi) is 4.70. The van der Waals surface area contributed by atoms with Gasteiger partial charge in [-0.3, -0.25) is 9.69 Å². The fourth-order valence-corrected chi connectivity index (χ4v) is 3.47. The van der Waals surface area contributed by atoms with Gasteiger partial charge < -0.3 is 4.74 Å². The Hall–Kier alpha value is -2.13. The van der Waals surface area contributed by atoms with Gasteiger partial charge in [-0.25, -0.2) is 0 Å². The van der Waals surface area contributed by atoms with E-state index in [4.69, 9.17) is 4.74 Å². The van der Waals surface area contributed by atoms with E-state index in [1.54, 1.807) is 0 Å². The zero-order valence-electron chi connectivity index (χ0n) is 15.7. The summed E-state index contributed by atoms with van der Waals surface area (Å²) in [5, 5.41) is 0. The summed E-state index contributed by atoms with van der Waals surface area (Å²) in [5.41, 5.74) is 4.83. The summed E-state index contributed by atoms with van der Waals surface area (Å²) < 4.78 is 5.54. The van der Waals surface area contributed by atoms with Crippen LogP contribution in [-0.4, -0.2) is 36.1 Å². The average molecular weight is 337 g/mol. The van der Waals surface area contributed by atoms with Gasteiger partial charge in [-0.2, -0.15) is 0 Å². The molecule has 0 saturated heterocycles. The van der Waals surface area contributed by atoms with Gasteiger partial charge in [0, 0.05) is 12.5 Å². The number of esters is 1. The SMILES string of the molecule is C[C@@H](C(=O)OC(C)(C)C)N(C)CC1c2ccccc2-c2ccccc21. The zero-order valence-corrected chi connectivity index (χ0v) is 15.7. The number of hydrogen-bond acceptors (Lipinski definition) is 3. The van der Waals surface area contributed by atoms with E-state index in [9.17, 15) is 4.79 Å². The van der Waals surface area contributed by atoms with Crippen LogP contribution in [0.5, 0.6) is 0 Å². The minimum atomic E-state index is -0.460. The predicted octanol–water partition coefficient (Wildman–Crippen LogP) is 4.46. The van der Waals surface area contributed by atoms with Crippen LogP contribution in [-0.2, 0) is 9.53 Å². The lowest BCUT2D eigenvalue weighted by Gasteiger charge is -2.29. The average Bonchev–Trinajstić information content (AvgIpc) is 2.87. The monoisotopic (exact) mass is 337 g/mol. The molecule has 0 N–H and O–H groups in total. The molecule has 1 aliphatic rings. The van der Waals surface area contributed by atoms with Gasteiger partial charge in [0.2, 0.25) is 0 Å². The Morgan fingerprint density at radius 1 is 1.04 bits per heavy atom. The fraction of sp³-hybridized carbons (Fsp3) is 0.409. The number of carbonyl (C=O) groups is 1. The van der Waals surface area contributed by atoms with E-state index in [0.717, 1.165) is 6.54 Å². The number of likely N-dealkylation sites (N-methyl/N-ethyl adjacent to an activating group) is 1. The van der Waals surface area contributed by atoms with E-state index in [0.29, 0.717) is 0 Å². The lowest BCUT2D eigenvalue weighted by atomic mass is 9.96. The van der Waals surface area contributed by atoms with Crippen molar-refractivity contribution in [2.24, 2.45) is 0 Å². The molecule has 3 heteroatoms. The highest BCUT2D eigenvalue weighted by Crippen LogP contribution is 2.44. The number of rotatable bonds is 4. The smallest absolute Gasteiger partial charge is 0.323 e. The normalized spacial score (nSPS) is 15.0. The molecule has 2 aromatic carbocycles. The van der Waals surface area contributed by atoms with Gasteiger partial charge in [0.1, 0.15) is 11.6 Å². The molecular weight excluding hydrogens is 310 g/mol. The van der Waals surface area contributed by atoms with Crippen LogP contribution < -0.4 is 0 Å². The Labute approximate surface area is 150 Å². The van der Waals surface area contributed by atoms with Crippen LogP contribution in [0.1, 0.15) is 44.7 Å².